The van der Waals surface area contributed by atoms with Crippen LogP contribution in [0.2, 0.25) is 0 Å². The van der Waals surface area contributed by atoms with Crippen LogP contribution >= 0.6 is 0 Å². The number of benzene rings is 5. The normalized spacial score (nSPS) is 17.4. The molecule has 5 aromatic rings. The summed E-state index contributed by atoms with van der Waals surface area (Å²) < 4.78 is 82.0. The molecule has 1 heterocycles. The number of carbonyl (C=O) groups excluding carboxylic acids is 1. The Bertz CT molecular complexity index is 1860. The van der Waals surface area contributed by atoms with Crippen LogP contribution in [-0.4, -0.2) is 28.6 Å². The molecule has 2 N–H and O–H groups in total. The van der Waals surface area contributed by atoms with Crippen molar-refractivity contribution >= 4 is 5.91 Å². The van der Waals surface area contributed by atoms with Crippen molar-refractivity contribution in [3.8, 4) is 0 Å². The lowest BCUT2D eigenvalue weighted by Gasteiger charge is -2.38. The third-order valence-corrected chi connectivity index (χ3v) is 8.72. The number of halogens is 5. The van der Waals surface area contributed by atoms with Gasteiger partial charge in [0.25, 0.3) is 5.91 Å². The highest BCUT2D eigenvalue weighted by atomic mass is 19.2. The van der Waals surface area contributed by atoms with Crippen molar-refractivity contribution < 1.29 is 41.3 Å². The van der Waals surface area contributed by atoms with E-state index in [1.54, 1.807) is 24.3 Å². The topological polar surface area (TPSA) is 71.0 Å². The summed E-state index contributed by atoms with van der Waals surface area (Å²) in [6.07, 6.45) is -0.800. The van der Waals surface area contributed by atoms with Gasteiger partial charge in [-0.15, -0.1) is 0 Å². The molecule has 0 radical (unpaired) electrons. The first-order valence-electron chi connectivity index (χ1n) is 16.4. The van der Waals surface area contributed by atoms with Gasteiger partial charge in [-0.2, -0.15) is 0 Å². The predicted molar refractivity (Wildman–Crippen MR) is 179 cm³/mol. The van der Waals surface area contributed by atoms with Crippen molar-refractivity contribution in [2.75, 3.05) is 6.54 Å². The molecule has 0 aliphatic carbocycles. The lowest BCUT2D eigenvalue weighted by Crippen LogP contribution is -2.39. The van der Waals surface area contributed by atoms with Crippen LogP contribution in [0.25, 0.3) is 0 Å². The maximum Gasteiger partial charge on any atom is 0.257 e. The molecule has 0 unspecified atom stereocenters. The summed E-state index contributed by atoms with van der Waals surface area (Å²) in [5, 5.41) is 11.8. The van der Waals surface area contributed by atoms with Crippen LogP contribution in [0.5, 0.6) is 0 Å². The third kappa shape index (κ3) is 8.69. The molecule has 264 valence electrons. The van der Waals surface area contributed by atoms with E-state index in [-0.39, 0.29) is 25.4 Å². The number of nitrogens with one attached hydrogen (secondary N) is 1. The van der Waals surface area contributed by atoms with E-state index in [1.807, 2.05) is 60.7 Å². The maximum absolute atomic E-state index is 14.1. The molecule has 51 heavy (non-hydrogen) atoms. The maximum atomic E-state index is 14.1. The molecule has 6 rings (SSSR count). The highest BCUT2D eigenvalue weighted by Gasteiger charge is 2.34. The number of ether oxygens (including phenoxy) is 2. The van der Waals surface area contributed by atoms with E-state index in [0.29, 0.717) is 37.2 Å². The van der Waals surface area contributed by atoms with Crippen molar-refractivity contribution in [1.29, 1.82) is 0 Å². The molecule has 1 aliphatic heterocycles. The number of rotatable bonds is 12. The molecule has 6 nitrogen and oxygen atoms in total. The summed E-state index contributed by atoms with van der Waals surface area (Å²) in [5.74, 6) is -12.6. The van der Waals surface area contributed by atoms with E-state index < -0.39 is 46.8 Å². The fraction of sp³-hybridized carbons (Fsp3) is 0.225. The molecule has 1 aliphatic rings. The molecule has 0 bridgehead atoms. The molecular weight excluding hydrogens is 667 g/mol. The van der Waals surface area contributed by atoms with Crippen molar-refractivity contribution in [1.82, 2.24) is 10.2 Å². The number of carbonyl (C=O) groups is 1. The minimum atomic E-state index is -2.34. The summed E-state index contributed by atoms with van der Waals surface area (Å²) >= 11 is 0. The number of nitrogens with zero attached hydrogens (tertiary/aromatic N) is 1. The number of hydrogen-bond acceptors (Lipinski definition) is 5. The number of aliphatic hydroxyl groups excluding tert-OH is 1. The van der Waals surface area contributed by atoms with Gasteiger partial charge < -0.3 is 19.9 Å². The van der Waals surface area contributed by atoms with Gasteiger partial charge in [0.05, 0.1) is 18.8 Å². The first-order chi connectivity index (χ1) is 24.7. The molecule has 0 saturated carbocycles. The summed E-state index contributed by atoms with van der Waals surface area (Å²) in [4.78, 5) is 14.8. The van der Waals surface area contributed by atoms with Gasteiger partial charge in [0, 0.05) is 38.2 Å². The van der Waals surface area contributed by atoms with Crippen LogP contribution in [0.3, 0.4) is 0 Å². The van der Waals surface area contributed by atoms with Crippen molar-refractivity contribution in [3.05, 3.63) is 177 Å². The molecule has 1 amide bonds. The second kappa shape index (κ2) is 16.4. The zero-order chi connectivity index (χ0) is 35.9. The Hall–Kier alpha value is -4.94. The van der Waals surface area contributed by atoms with Gasteiger partial charge in [0.2, 0.25) is 5.82 Å². The van der Waals surface area contributed by atoms with Gasteiger partial charge in [0.1, 0.15) is 5.56 Å². The summed E-state index contributed by atoms with van der Waals surface area (Å²) in [6.45, 7) is 1.66. The average molecular weight is 703 g/mol. The van der Waals surface area contributed by atoms with Crippen LogP contribution in [-0.2, 0) is 35.7 Å². The van der Waals surface area contributed by atoms with Crippen LogP contribution in [0.1, 0.15) is 62.6 Å². The number of hydrogen-bond donors (Lipinski definition) is 2. The number of amides is 1. The SMILES string of the molecule is O=C(NCc1ccc([C@H]2O[C@@H](CN(Cc3ccccc3)Cc3ccccc3)C[C@@H](c3ccc(CO)cc3)O2)cc1)c1c(F)c(F)c(F)c(F)c1F. The summed E-state index contributed by atoms with van der Waals surface area (Å²) in [7, 11) is 0. The molecule has 1 saturated heterocycles. The van der Waals surface area contributed by atoms with Crippen LogP contribution < -0.4 is 5.32 Å². The Morgan fingerprint density at radius 3 is 1.71 bits per heavy atom. The van der Waals surface area contributed by atoms with E-state index in [9.17, 15) is 31.9 Å². The van der Waals surface area contributed by atoms with E-state index >= 15 is 0 Å². The van der Waals surface area contributed by atoms with Crippen molar-refractivity contribution in [2.45, 2.75) is 51.2 Å². The van der Waals surface area contributed by atoms with Gasteiger partial charge in [0.15, 0.2) is 29.6 Å². The lowest BCUT2D eigenvalue weighted by molar-refractivity contribution is -0.253. The summed E-state index contributed by atoms with van der Waals surface area (Å²) in [5.41, 5.74) is 3.65. The van der Waals surface area contributed by atoms with Crippen LogP contribution in [0.15, 0.2) is 109 Å². The minimum Gasteiger partial charge on any atom is -0.392 e. The largest absolute Gasteiger partial charge is 0.392 e. The molecule has 1 fully saturated rings. The Kier molecular flexibility index (Phi) is 11.5. The molecule has 0 aromatic heterocycles. The molecule has 11 heteroatoms. The second-order valence-corrected chi connectivity index (χ2v) is 12.4. The monoisotopic (exact) mass is 702 g/mol. The van der Waals surface area contributed by atoms with Crippen molar-refractivity contribution in [3.63, 3.8) is 0 Å². The standard InChI is InChI=1S/C40H35F5N2O4/c41-34-33(35(42)37(44)38(45)36(34)43)39(49)46-20-25-11-17-30(18-12-25)40-50-31(19-32(51-40)29-15-13-28(24-48)14-16-29)23-47(21-26-7-3-1-4-8-26)22-27-9-5-2-6-10-27/h1-18,31-32,40,48H,19-24H2,(H,46,49)/t31-,32+,40+/m1/s1. The van der Waals surface area contributed by atoms with Gasteiger partial charge >= 0.3 is 0 Å². The Labute approximate surface area is 292 Å². The predicted octanol–water partition coefficient (Wildman–Crippen LogP) is 8.05. The highest BCUT2D eigenvalue weighted by molar-refractivity contribution is 5.94. The smallest absolute Gasteiger partial charge is 0.257 e. The first kappa shape index (κ1) is 35.9. The van der Waals surface area contributed by atoms with Gasteiger partial charge in [-0.3, -0.25) is 9.69 Å². The first-order valence-corrected chi connectivity index (χ1v) is 16.4. The van der Waals surface area contributed by atoms with E-state index in [4.69, 9.17) is 9.47 Å². The fourth-order valence-corrected chi connectivity index (χ4v) is 6.06. The van der Waals surface area contributed by atoms with Crippen molar-refractivity contribution in [2.24, 2.45) is 0 Å². The molecule has 3 atom stereocenters. The molecule has 5 aromatic carbocycles. The van der Waals surface area contributed by atoms with Gasteiger partial charge in [-0.25, -0.2) is 22.0 Å². The van der Waals surface area contributed by atoms with Crippen LogP contribution in [0, 0.1) is 29.1 Å². The average Bonchev–Trinajstić information content (AvgIpc) is 3.16. The zero-order valence-electron chi connectivity index (χ0n) is 27.4. The number of aliphatic hydroxyl groups is 1. The van der Waals surface area contributed by atoms with E-state index in [1.165, 1.54) is 0 Å². The fourth-order valence-electron chi connectivity index (χ4n) is 6.06. The zero-order valence-corrected chi connectivity index (χ0v) is 27.4. The van der Waals surface area contributed by atoms with Crippen LogP contribution in [0.4, 0.5) is 22.0 Å². The quantitative estimate of drug-likeness (QED) is 0.0783. The van der Waals surface area contributed by atoms with E-state index in [2.05, 4.69) is 34.5 Å². The van der Waals surface area contributed by atoms with Gasteiger partial charge in [-0.1, -0.05) is 109 Å². The molecular formula is C40H35F5N2O4. The summed E-state index contributed by atoms with van der Waals surface area (Å²) in [6, 6.07) is 34.7. The third-order valence-electron chi connectivity index (χ3n) is 8.72. The minimum absolute atomic E-state index is 0.0809. The highest BCUT2D eigenvalue weighted by Crippen LogP contribution is 2.38. The Morgan fingerprint density at radius 2 is 1.16 bits per heavy atom. The Morgan fingerprint density at radius 1 is 0.647 bits per heavy atom. The lowest BCUT2D eigenvalue weighted by atomic mass is 9.99. The van der Waals surface area contributed by atoms with Gasteiger partial charge in [-0.05, 0) is 27.8 Å². The van der Waals surface area contributed by atoms with E-state index in [0.717, 1.165) is 22.3 Å². The second-order valence-electron chi connectivity index (χ2n) is 12.4. The molecule has 0 spiro atoms. The Balaban J connectivity index is 1.20.